The maximum Gasteiger partial charge on any atom is 0.189 e. The molecule has 2 atom stereocenters. The third-order valence-corrected chi connectivity index (χ3v) is 3.78. The van der Waals surface area contributed by atoms with E-state index in [0.29, 0.717) is 5.69 Å². The van der Waals surface area contributed by atoms with Crippen LogP contribution in [0.25, 0.3) is 0 Å². The van der Waals surface area contributed by atoms with Gasteiger partial charge in [-0.2, -0.15) is 4.37 Å². The molecule has 0 aliphatic heterocycles. The van der Waals surface area contributed by atoms with E-state index >= 15 is 0 Å². The van der Waals surface area contributed by atoms with Crippen LogP contribution in [0.3, 0.4) is 0 Å². The van der Waals surface area contributed by atoms with Crippen LogP contribution >= 0.6 is 11.5 Å². The van der Waals surface area contributed by atoms with E-state index in [1.165, 1.54) is 11.5 Å². The minimum Gasteiger partial charge on any atom is -0.327 e. The first-order valence-electron chi connectivity index (χ1n) is 4.85. The summed E-state index contributed by atoms with van der Waals surface area (Å²) in [5.41, 5.74) is 6.17. The summed E-state index contributed by atoms with van der Waals surface area (Å²) in [5, 5.41) is 1.83. The molecular formula is C10H14N2OS. The van der Waals surface area contributed by atoms with Gasteiger partial charge in [-0.1, -0.05) is 13.3 Å². The second-order valence-electron chi connectivity index (χ2n) is 4.13. The molecule has 1 aliphatic rings. The van der Waals surface area contributed by atoms with Crippen molar-refractivity contribution in [2.45, 2.75) is 32.2 Å². The molecule has 1 fully saturated rings. The molecule has 2 N–H and O–H groups in total. The van der Waals surface area contributed by atoms with Gasteiger partial charge in [0.2, 0.25) is 0 Å². The van der Waals surface area contributed by atoms with E-state index < -0.39 is 0 Å². The molecule has 1 saturated carbocycles. The van der Waals surface area contributed by atoms with Gasteiger partial charge in [-0.25, -0.2) is 0 Å². The van der Waals surface area contributed by atoms with Crippen molar-refractivity contribution in [3.05, 3.63) is 17.1 Å². The predicted molar refractivity (Wildman–Crippen MR) is 56.4 cm³/mol. The summed E-state index contributed by atoms with van der Waals surface area (Å²) in [7, 11) is 0. The van der Waals surface area contributed by atoms with Crippen LogP contribution in [0.5, 0.6) is 0 Å². The van der Waals surface area contributed by atoms with Crippen LogP contribution in [0.15, 0.2) is 11.4 Å². The van der Waals surface area contributed by atoms with E-state index in [1.807, 2.05) is 12.3 Å². The number of nitrogens with two attached hydrogens (primary N) is 1. The fourth-order valence-corrected chi connectivity index (χ4v) is 2.61. The van der Waals surface area contributed by atoms with E-state index in [0.717, 1.165) is 19.3 Å². The van der Waals surface area contributed by atoms with Crippen LogP contribution in [0.4, 0.5) is 0 Å². The lowest BCUT2D eigenvalue weighted by atomic mass is 9.79. The summed E-state index contributed by atoms with van der Waals surface area (Å²) < 4.78 is 4.08. The molecule has 76 valence electrons. The molecule has 0 saturated heterocycles. The van der Waals surface area contributed by atoms with Crippen molar-refractivity contribution in [3.63, 3.8) is 0 Å². The van der Waals surface area contributed by atoms with Crippen molar-refractivity contribution < 1.29 is 4.79 Å². The van der Waals surface area contributed by atoms with Crippen molar-refractivity contribution in [2.75, 3.05) is 0 Å². The van der Waals surface area contributed by atoms with E-state index in [4.69, 9.17) is 5.73 Å². The Bertz CT molecular complexity index is 336. The maximum atomic E-state index is 12.1. The lowest BCUT2D eigenvalue weighted by Crippen LogP contribution is -2.41. The lowest BCUT2D eigenvalue weighted by Gasteiger charge is -2.26. The minimum absolute atomic E-state index is 0.00306. The first-order valence-corrected chi connectivity index (χ1v) is 5.69. The number of hydrogen-bond donors (Lipinski definition) is 1. The zero-order valence-corrected chi connectivity index (χ0v) is 9.01. The first kappa shape index (κ1) is 9.80. The molecule has 0 spiro atoms. The van der Waals surface area contributed by atoms with Crippen LogP contribution in [0.2, 0.25) is 0 Å². The summed E-state index contributed by atoms with van der Waals surface area (Å²) in [6.45, 7) is 1.96. The van der Waals surface area contributed by atoms with E-state index in [1.54, 1.807) is 6.07 Å². The number of carbonyl (C=O) groups excluding carboxylic acids is 1. The van der Waals surface area contributed by atoms with E-state index in [9.17, 15) is 4.79 Å². The number of Topliss-reactive ketones (excluding diaryl/α,β-unsaturated/α-hetero) is 1. The summed E-state index contributed by atoms with van der Waals surface area (Å²) in [6.07, 6.45) is 2.89. The predicted octanol–water partition coefficient (Wildman–Crippen LogP) is 1.84. The van der Waals surface area contributed by atoms with Crippen molar-refractivity contribution in [1.29, 1.82) is 0 Å². The van der Waals surface area contributed by atoms with Gasteiger partial charge in [-0.3, -0.25) is 4.79 Å². The second-order valence-corrected chi connectivity index (χ2v) is 4.80. The molecule has 4 heteroatoms. The molecule has 14 heavy (non-hydrogen) atoms. The highest BCUT2D eigenvalue weighted by Crippen LogP contribution is 2.39. The van der Waals surface area contributed by atoms with Crippen molar-refractivity contribution in [3.8, 4) is 0 Å². The van der Waals surface area contributed by atoms with E-state index in [2.05, 4.69) is 4.37 Å². The highest BCUT2D eigenvalue weighted by Gasteiger charge is 2.43. The molecule has 1 heterocycles. The monoisotopic (exact) mass is 210 g/mol. The quantitative estimate of drug-likeness (QED) is 0.758. The Morgan fingerprint density at radius 2 is 2.57 bits per heavy atom. The number of hydrogen-bond acceptors (Lipinski definition) is 4. The Hall–Kier alpha value is -0.740. The molecule has 1 aromatic rings. The third-order valence-electron chi connectivity index (χ3n) is 3.22. The number of rotatable bonds is 2. The molecular weight excluding hydrogens is 196 g/mol. The van der Waals surface area contributed by atoms with Gasteiger partial charge < -0.3 is 5.73 Å². The average Bonchev–Trinajstić information content (AvgIpc) is 2.77. The molecule has 1 aliphatic carbocycles. The maximum absolute atomic E-state index is 12.1. The van der Waals surface area contributed by atoms with Gasteiger partial charge >= 0.3 is 0 Å². The average molecular weight is 210 g/mol. The van der Waals surface area contributed by atoms with E-state index in [-0.39, 0.29) is 17.2 Å². The Kier molecular flexibility index (Phi) is 2.41. The largest absolute Gasteiger partial charge is 0.327 e. The van der Waals surface area contributed by atoms with Crippen LogP contribution in [0, 0.1) is 5.41 Å². The summed E-state index contributed by atoms with van der Waals surface area (Å²) in [4.78, 5) is 12.1. The molecule has 2 unspecified atom stereocenters. The topological polar surface area (TPSA) is 56.0 Å². The van der Waals surface area contributed by atoms with Crippen LogP contribution in [-0.4, -0.2) is 16.2 Å². The second kappa shape index (κ2) is 3.44. The zero-order chi connectivity index (χ0) is 10.2. The number of aromatic nitrogens is 1. The SMILES string of the molecule is CC1(C(=O)c2ccsn2)CCCC1N. The summed E-state index contributed by atoms with van der Waals surface area (Å²) in [6, 6.07) is 1.78. The van der Waals surface area contributed by atoms with Crippen molar-refractivity contribution in [1.82, 2.24) is 4.37 Å². The number of nitrogens with zero attached hydrogens (tertiary/aromatic N) is 1. The fraction of sp³-hybridized carbons (Fsp3) is 0.600. The van der Waals surface area contributed by atoms with Gasteiger partial charge in [-0.05, 0) is 30.4 Å². The molecule has 0 bridgehead atoms. The van der Waals surface area contributed by atoms with Crippen molar-refractivity contribution in [2.24, 2.45) is 11.1 Å². The zero-order valence-electron chi connectivity index (χ0n) is 8.19. The van der Waals surface area contributed by atoms with Crippen LogP contribution in [0.1, 0.15) is 36.7 Å². The standard InChI is InChI=1S/C10H14N2OS/c1-10(5-2-3-8(10)11)9(13)7-4-6-14-12-7/h4,6,8H,2-3,5,11H2,1H3. The smallest absolute Gasteiger partial charge is 0.189 e. The van der Waals surface area contributed by atoms with Gasteiger partial charge in [0.15, 0.2) is 5.78 Å². The lowest BCUT2D eigenvalue weighted by molar-refractivity contribution is 0.0798. The van der Waals surface area contributed by atoms with Crippen molar-refractivity contribution >= 4 is 17.3 Å². The van der Waals surface area contributed by atoms with Gasteiger partial charge in [0.25, 0.3) is 0 Å². The van der Waals surface area contributed by atoms with Gasteiger partial charge in [0.05, 0.1) is 0 Å². The van der Waals surface area contributed by atoms with Crippen LogP contribution < -0.4 is 5.73 Å². The third kappa shape index (κ3) is 1.38. The highest BCUT2D eigenvalue weighted by atomic mass is 32.1. The number of carbonyl (C=O) groups is 1. The Labute approximate surface area is 87.5 Å². The fourth-order valence-electron chi connectivity index (χ4n) is 2.10. The minimum atomic E-state index is -0.381. The Balaban J connectivity index is 2.27. The molecule has 1 aromatic heterocycles. The molecule has 0 aromatic carbocycles. The van der Waals surface area contributed by atoms with Gasteiger partial charge in [0, 0.05) is 16.8 Å². The molecule has 2 rings (SSSR count). The highest BCUT2D eigenvalue weighted by molar-refractivity contribution is 7.03. The molecule has 0 radical (unpaired) electrons. The summed E-state index contributed by atoms with van der Waals surface area (Å²) in [5.74, 6) is 0.115. The Morgan fingerprint density at radius 1 is 1.79 bits per heavy atom. The van der Waals surface area contributed by atoms with Crippen LogP contribution in [-0.2, 0) is 0 Å². The van der Waals surface area contributed by atoms with Gasteiger partial charge in [0.1, 0.15) is 5.69 Å². The van der Waals surface area contributed by atoms with Gasteiger partial charge in [-0.15, -0.1) is 0 Å². The normalized spacial score (nSPS) is 32.0. The Morgan fingerprint density at radius 3 is 3.07 bits per heavy atom. The number of ketones is 1. The molecule has 0 amide bonds. The molecule has 3 nitrogen and oxygen atoms in total. The summed E-state index contributed by atoms with van der Waals surface area (Å²) >= 11 is 1.31. The first-order chi connectivity index (χ1) is 6.64.